The molecule has 0 saturated heterocycles. The quantitative estimate of drug-likeness (QED) is 0.339. The molecule has 0 aliphatic heterocycles. The van der Waals surface area contributed by atoms with E-state index in [1.54, 1.807) is 0 Å². The number of carbonyl (C=O) groups excluding carboxylic acids is 1. The van der Waals surface area contributed by atoms with Gasteiger partial charge in [-0.3, -0.25) is 4.79 Å². The summed E-state index contributed by atoms with van der Waals surface area (Å²) in [6.45, 7) is 7.97. The monoisotopic (exact) mass is 425 g/mol. The molecule has 3 rings (SSSR count). The maximum Gasteiger partial charge on any atom is 0.323 e. The minimum absolute atomic E-state index is 0.194. The first-order chi connectivity index (χ1) is 15.0. The van der Waals surface area contributed by atoms with Crippen LogP contribution in [0.4, 0.5) is 0 Å². The van der Waals surface area contributed by atoms with Gasteiger partial charge in [0.25, 0.3) is 0 Å². The number of hydrogen-bond donors (Lipinski definition) is 2. The van der Waals surface area contributed by atoms with Crippen LogP contribution in [0.15, 0.2) is 52.9 Å². The maximum absolute atomic E-state index is 12.2. The fourth-order valence-electron chi connectivity index (χ4n) is 3.24. The summed E-state index contributed by atoms with van der Waals surface area (Å²) < 4.78 is 16.7. The minimum atomic E-state index is -0.359. The van der Waals surface area contributed by atoms with Crippen LogP contribution < -0.4 is 15.4 Å². The number of nitrogens with zero attached hydrogens (tertiary/aromatic N) is 1. The fourth-order valence-corrected chi connectivity index (χ4v) is 3.24. The highest BCUT2D eigenvalue weighted by Gasteiger charge is 2.20. The molecule has 2 aromatic carbocycles. The molecule has 0 spiro atoms. The van der Waals surface area contributed by atoms with Gasteiger partial charge in [-0.2, -0.15) is 0 Å². The van der Waals surface area contributed by atoms with Crippen LogP contribution in [0, 0.1) is 0 Å². The third-order valence-electron chi connectivity index (χ3n) is 4.63. The number of carbonyl (C=O) groups is 1. The number of nitrogens with one attached hydrogen (secondary N) is 2. The number of ether oxygens (including phenoxy) is 2. The van der Waals surface area contributed by atoms with Gasteiger partial charge in [0, 0.05) is 12.6 Å². The molecule has 3 aromatic rings. The van der Waals surface area contributed by atoms with Gasteiger partial charge in [-0.15, -0.1) is 0 Å². The van der Waals surface area contributed by atoms with Gasteiger partial charge in [-0.1, -0.05) is 38.1 Å². The second-order valence-corrected chi connectivity index (χ2v) is 7.57. The van der Waals surface area contributed by atoms with Gasteiger partial charge < -0.3 is 24.5 Å². The second kappa shape index (κ2) is 11.5. The van der Waals surface area contributed by atoms with E-state index in [1.165, 1.54) is 0 Å². The molecule has 7 heteroatoms. The third-order valence-corrected chi connectivity index (χ3v) is 4.63. The number of hydrogen-bond acceptors (Lipinski definition) is 7. The Kier molecular flexibility index (Phi) is 8.44. The number of fused-ring (bicyclic) bond motifs is 1. The maximum atomic E-state index is 12.2. The summed E-state index contributed by atoms with van der Waals surface area (Å²) in [6, 6.07) is 15.4. The largest absolute Gasteiger partial charge is 0.492 e. The molecule has 0 fully saturated rings. The molecule has 0 amide bonds. The normalized spacial score (nSPS) is 12.3. The van der Waals surface area contributed by atoms with Gasteiger partial charge in [-0.05, 0) is 43.2 Å². The molecule has 1 heterocycles. The zero-order valence-corrected chi connectivity index (χ0v) is 18.4. The molecular formula is C24H31N3O4. The van der Waals surface area contributed by atoms with E-state index in [2.05, 4.69) is 15.6 Å². The van der Waals surface area contributed by atoms with E-state index >= 15 is 0 Å². The lowest BCUT2D eigenvalue weighted by molar-refractivity contribution is -0.145. The molecule has 1 aromatic heterocycles. The zero-order valence-electron chi connectivity index (χ0n) is 18.4. The van der Waals surface area contributed by atoms with Crippen LogP contribution in [0.2, 0.25) is 0 Å². The number of oxazole rings is 1. The fraction of sp³-hybridized carbons (Fsp3) is 0.417. The van der Waals surface area contributed by atoms with E-state index < -0.39 is 0 Å². The molecule has 1 unspecified atom stereocenters. The Morgan fingerprint density at radius 1 is 1.13 bits per heavy atom. The predicted molar refractivity (Wildman–Crippen MR) is 120 cm³/mol. The Hall–Kier alpha value is -2.90. The van der Waals surface area contributed by atoms with Gasteiger partial charge in [0.2, 0.25) is 5.89 Å². The van der Waals surface area contributed by atoms with E-state index in [0.29, 0.717) is 38.6 Å². The van der Waals surface area contributed by atoms with Crippen LogP contribution >= 0.6 is 0 Å². The van der Waals surface area contributed by atoms with Crippen molar-refractivity contribution in [2.45, 2.75) is 45.8 Å². The minimum Gasteiger partial charge on any atom is -0.492 e. The summed E-state index contributed by atoms with van der Waals surface area (Å²) in [6.07, 6.45) is 0.573. The van der Waals surface area contributed by atoms with Crippen molar-refractivity contribution in [1.29, 1.82) is 0 Å². The van der Waals surface area contributed by atoms with Crippen molar-refractivity contribution in [1.82, 2.24) is 15.6 Å². The highest BCUT2D eigenvalue weighted by molar-refractivity contribution is 5.76. The SMILES string of the molecule is CCOC(=O)C(Cc1ccc(OCCNCc2nc3ccccc3o2)cc1)NC(C)C. The Labute approximate surface area is 183 Å². The van der Waals surface area contributed by atoms with Crippen LogP contribution in [-0.4, -0.2) is 42.8 Å². The lowest BCUT2D eigenvalue weighted by Crippen LogP contribution is -2.43. The van der Waals surface area contributed by atoms with Crippen LogP contribution in [0.1, 0.15) is 32.2 Å². The molecule has 0 bridgehead atoms. The van der Waals surface area contributed by atoms with E-state index in [0.717, 1.165) is 22.4 Å². The average Bonchev–Trinajstić information content (AvgIpc) is 3.17. The first kappa shape index (κ1) is 22.8. The Balaban J connectivity index is 1.41. The first-order valence-corrected chi connectivity index (χ1v) is 10.7. The van der Waals surface area contributed by atoms with Crippen LogP contribution in [0.3, 0.4) is 0 Å². The number of benzene rings is 2. The Bertz CT molecular complexity index is 920. The topological polar surface area (TPSA) is 85.6 Å². The smallest absolute Gasteiger partial charge is 0.323 e. The molecule has 7 nitrogen and oxygen atoms in total. The lowest BCUT2D eigenvalue weighted by Gasteiger charge is -2.20. The molecular weight excluding hydrogens is 394 g/mol. The summed E-state index contributed by atoms with van der Waals surface area (Å²) in [7, 11) is 0. The van der Waals surface area contributed by atoms with Crippen molar-refractivity contribution < 1.29 is 18.7 Å². The van der Waals surface area contributed by atoms with Gasteiger partial charge >= 0.3 is 5.97 Å². The van der Waals surface area contributed by atoms with Crippen LogP contribution in [0.25, 0.3) is 11.1 Å². The average molecular weight is 426 g/mol. The second-order valence-electron chi connectivity index (χ2n) is 7.57. The van der Waals surface area contributed by atoms with Crippen molar-refractivity contribution in [3.8, 4) is 5.75 Å². The van der Waals surface area contributed by atoms with Gasteiger partial charge in [0.1, 0.15) is 23.9 Å². The highest BCUT2D eigenvalue weighted by atomic mass is 16.5. The lowest BCUT2D eigenvalue weighted by atomic mass is 10.1. The number of esters is 1. The molecule has 0 aliphatic rings. The van der Waals surface area contributed by atoms with Crippen molar-refractivity contribution in [2.24, 2.45) is 0 Å². The van der Waals surface area contributed by atoms with Crippen LogP contribution in [-0.2, 0) is 22.5 Å². The van der Waals surface area contributed by atoms with Gasteiger partial charge in [0.15, 0.2) is 5.58 Å². The summed E-state index contributed by atoms with van der Waals surface area (Å²) >= 11 is 0. The Morgan fingerprint density at radius 2 is 1.90 bits per heavy atom. The van der Waals surface area contributed by atoms with E-state index in [9.17, 15) is 4.79 Å². The summed E-state index contributed by atoms with van der Waals surface area (Å²) in [4.78, 5) is 16.6. The molecule has 31 heavy (non-hydrogen) atoms. The van der Waals surface area contributed by atoms with E-state index in [1.807, 2.05) is 69.3 Å². The van der Waals surface area contributed by atoms with Gasteiger partial charge in [0.05, 0.1) is 13.2 Å². The summed E-state index contributed by atoms with van der Waals surface area (Å²) in [5.74, 6) is 1.23. The molecule has 0 aliphatic carbocycles. The van der Waals surface area contributed by atoms with Crippen LogP contribution in [0.5, 0.6) is 5.75 Å². The third kappa shape index (κ3) is 7.08. The van der Waals surface area contributed by atoms with Crippen molar-refractivity contribution in [3.05, 3.63) is 60.0 Å². The van der Waals surface area contributed by atoms with Crippen molar-refractivity contribution >= 4 is 17.1 Å². The first-order valence-electron chi connectivity index (χ1n) is 10.7. The molecule has 0 radical (unpaired) electrons. The number of aromatic nitrogens is 1. The van der Waals surface area contributed by atoms with Gasteiger partial charge in [-0.25, -0.2) is 4.98 Å². The molecule has 1 atom stereocenters. The molecule has 2 N–H and O–H groups in total. The zero-order chi connectivity index (χ0) is 22.1. The molecule has 0 saturated carbocycles. The Morgan fingerprint density at radius 3 is 2.61 bits per heavy atom. The standard InChI is InChI=1S/C24H31N3O4/c1-4-29-24(28)21(26-17(2)3)15-18-9-11-19(12-10-18)30-14-13-25-16-23-27-20-7-5-6-8-22(20)31-23/h5-12,17,21,25-26H,4,13-16H2,1-3H3. The highest BCUT2D eigenvalue weighted by Crippen LogP contribution is 2.15. The van der Waals surface area contributed by atoms with E-state index in [4.69, 9.17) is 13.9 Å². The van der Waals surface area contributed by atoms with E-state index in [-0.39, 0.29) is 18.1 Å². The predicted octanol–water partition coefficient (Wildman–Crippen LogP) is 3.47. The number of para-hydroxylation sites is 2. The number of rotatable bonds is 12. The van der Waals surface area contributed by atoms with Crippen molar-refractivity contribution in [3.63, 3.8) is 0 Å². The molecule has 166 valence electrons. The summed E-state index contributed by atoms with van der Waals surface area (Å²) in [5, 5.41) is 6.54. The summed E-state index contributed by atoms with van der Waals surface area (Å²) in [5.41, 5.74) is 2.71. The van der Waals surface area contributed by atoms with Crippen molar-refractivity contribution in [2.75, 3.05) is 19.8 Å².